The van der Waals surface area contributed by atoms with Crippen molar-refractivity contribution < 1.29 is 19.8 Å². The van der Waals surface area contributed by atoms with Crippen LogP contribution in [0.4, 0.5) is 5.69 Å². The van der Waals surface area contributed by atoms with Gasteiger partial charge in [-0.05, 0) is 18.2 Å². The van der Waals surface area contributed by atoms with E-state index in [1.165, 1.54) is 12.1 Å². The van der Waals surface area contributed by atoms with Crippen LogP contribution in [0.1, 0.15) is 22.0 Å². The van der Waals surface area contributed by atoms with Crippen LogP contribution in [0.25, 0.3) is 0 Å². The molecule has 0 radical (unpaired) electrons. The zero-order valence-electron chi connectivity index (χ0n) is 11.4. The zero-order valence-corrected chi connectivity index (χ0v) is 13.7. The van der Waals surface area contributed by atoms with Crippen molar-refractivity contribution in [3.8, 4) is 0 Å². The van der Waals surface area contributed by atoms with Gasteiger partial charge in [0.25, 0.3) is 0 Å². The Morgan fingerprint density at radius 2 is 1.57 bits per heavy atom. The van der Waals surface area contributed by atoms with Crippen molar-refractivity contribution in [3.63, 3.8) is 0 Å². The lowest BCUT2D eigenvalue weighted by Crippen LogP contribution is -2.22. The number of hydrogen-bond acceptors (Lipinski definition) is 3. The normalized spacial score (nSPS) is 11.8. The van der Waals surface area contributed by atoms with Crippen molar-refractivity contribution in [2.75, 3.05) is 5.32 Å². The molecule has 0 bridgehead atoms. The number of carbonyl (C=O) groups is 2. The summed E-state index contributed by atoms with van der Waals surface area (Å²) in [5, 5.41) is 21.7. The number of halogens is 3. The molecule has 0 aliphatic carbocycles. The van der Waals surface area contributed by atoms with Gasteiger partial charge in [-0.2, -0.15) is 0 Å². The van der Waals surface area contributed by atoms with Crippen molar-refractivity contribution >= 4 is 52.4 Å². The molecule has 0 fully saturated rings. The Labute approximate surface area is 146 Å². The van der Waals surface area contributed by atoms with Gasteiger partial charge in [0.1, 0.15) is 0 Å². The van der Waals surface area contributed by atoms with Crippen LogP contribution in [0.15, 0.2) is 36.4 Å². The van der Waals surface area contributed by atoms with Gasteiger partial charge in [-0.25, -0.2) is 9.59 Å². The zero-order chi connectivity index (χ0) is 17.1. The summed E-state index contributed by atoms with van der Waals surface area (Å²) in [5.41, 5.74) is 0.126. The highest BCUT2D eigenvalue weighted by Crippen LogP contribution is 2.33. The number of aromatic carboxylic acids is 1. The SMILES string of the molecule is O=C(O)c1cc(Cl)c(Cl)cc1NC(C(=O)O)c1ccccc1Cl. The molecule has 120 valence electrons. The Balaban J connectivity index is 2.50. The predicted molar refractivity (Wildman–Crippen MR) is 88.9 cm³/mol. The molecule has 23 heavy (non-hydrogen) atoms. The monoisotopic (exact) mass is 373 g/mol. The van der Waals surface area contributed by atoms with E-state index in [1.807, 2.05) is 0 Å². The number of aliphatic carboxylic acids is 1. The highest BCUT2D eigenvalue weighted by molar-refractivity contribution is 6.42. The molecular weight excluding hydrogens is 365 g/mol. The van der Waals surface area contributed by atoms with Crippen LogP contribution in [-0.4, -0.2) is 22.2 Å². The minimum Gasteiger partial charge on any atom is -0.479 e. The molecule has 0 saturated carbocycles. The molecular formula is C15H10Cl3NO4. The number of rotatable bonds is 5. The van der Waals surface area contributed by atoms with E-state index in [9.17, 15) is 19.8 Å². The Morgan fingerprint density at radius 3 is 2.13 bits per heavy atom. The highest BCUT2D eigenvalue weighted by Gasteiger charge is 2.24. The fourth-order valence-electron chi connectivity index (χ4n) is 1.98. The largest absolute Gasteiger partial charge is 0.479 e. The van der Waals surface area contributed by atoms with Crippen LogP contribution < -0.4 is 5.32 Å². The van der Waals surface area contributed by atoms with Gasteiger partial charge in [0.15, 0.2) is 6.04 Å². The molecule has 0 heterocycles. The van der Waals surface area contributed by atoms with E-state index in [2.05, 4.69) is 5.32 Å². The summed E-state index contributed by atoms with van der Waals surface area (Å²) < 4.78 is 0. The Morgan fingerprint density at radius 1 is 0.957 bits per heavy atom. The lowest BCUT2D eigenvalue weighted by Gasteiger charge is -2.19. The Hall–Kier alpha value is -1.95. The summed E-state index contributed by atoms with van der Waals surface area (Å²) in [6.45, 7) is 0. The van der Waals surface area contributed by atoms with Crippen molar-refractivity contribution in [1.29, 1.82) is 0 Å². The lowest BCUT2D eigenvalue weighted by atomic mass is 10.1. The number of carboxylic acid groups (broad SMARTS) is 2. The number of carboxylic acids is 2. The fraction of sp³-hybridized carbons (Fsp3) is 0.0667. The third-order valence-corrected chi connectivity index (χ3v) is 4.12. The van der Waals surface area contributed by atoms with Gasteiger partial charge in [0, 0.05) is 10.6 Å². The second kappa shape index (κ2) is 7.08. The standard InChI is InChI=1S/C15H10Cl3NO4/c16-9-4-2-1-3-7(9)13(15(22)23)19-12-6-11(18)10(17)5-8(12)14(20)21/h1-6,13,19H,(H,20,21)(H,22,23). The van der Waals surface area contributed by atoms with Crippen LogP contribution >= 0.6 is 34.8 Å². The second-order valence-corrected chi connectivity index (χ2v) is 5.78. The third-order valence-electron chi connectivity index (χ3n) is 3.05. The number of nitrogens with one attached hydrogen (secondary N) is 1. The molecule has 2 aromatic carbocycles. The molecule has 1 atom stereocenters. The first kappa shape index (κ1) is 17.4. The molecule has 8 heteroatoms. The van der Waals surface area contributed by atoms with Crippen LogP contribution in [0.5, 0.6) is 0 Å². The van der Waals surface area contributed by atoms with E-state index < -0.39 is 18.0 Å². The molecule has 2 aromatic rings. The molecule has 5 nitrogen and oxygen atoms in total. The fourth-order valence-corrected chi connectivity index (χ4v) is 2.55. The maximum absolute atomic E-state index is 11.6. The molecule has 0 aliphatic rings. The summed E-state index contributed by atoms with van der Waals surface area (Å²) >= 11 is 17.7. The topological polar surface area (TPSA) is 86.6 Å². The minimum absolute atomic E-state index is 0.0271. The predicted octanol–water partition coefficient (Wildman–Crippen LogP) is 4.58. The van der Waals surface area contributed by atoms with Crippen molar-refractivity contribution in [2.45, 2.75) is 6.04 Å². The molecule has 3 N–H and O–H groups in total. The maximum atomic E-state index is 11.6. The minimum atomic E-state index is -1.27. The van der Waals surface area contributed by atoms with Gasteiger partial charge < -0.3 is 15.5 Å². The maximum Gasteiger partial charge on any atom is 0.337 e. The molecule has 0 amide bonds. The van der Waals surface area contributed by atoms with E-state index in [0.29, 0.717) is 5.56 Å². The summed E-state index contributed by atoms with van der Waals surface area (Å²) in [7, 11) is 0. The Bertz CT molecular complexity index is 779. The van der Waals surface area contributed by atoms with Gasteiger partial charge in [-0.3, -0.25) is 0 Å². The van der Waals surface area contributed by atoms with E-state index in [0.717, 1.165) is 6.07 Å². The highest BCUT2D eigenvalue weighted by atomic mass is 35.5. The van der Waals surface area contributed by atoms with Crippen molar-refractivity contribution in [1.82, 2.24) is 0 Å². The van der Waals surface area contributed by atoms with Gasteiger partial charge >= 0.3 is 11.9 Å². The van der Waals surface area contributed by atoms with Gasteiger partial charge in [-0.15, -0.1) is 0 Å². The molecule has 0 spiro atoms. The first-order valence-electron chi connectivity index (χ1n) is 6.27. The summed E-state index contributed by atoms with van der Waals surface area (Å²) in [5.74, 6) is -2.49. The average Bonchev–Trinajstić information content (AvgIpc) is 2.48. The van der Waals surface area contributed by atoms with E-state index in [-0.39, 0.29) is 26.3 Å². The van der Waals surface area contributed by atoms with Gasteiger partial charge in [-0.1, -0.05) is 53.0 Å². The quantitative estimate of drug-likeness (QED) is 0.713. The molecule has 2 rings (SSSR count). The van der Waals surface area contributed by atoms with Crippen LogP contribution in [0.2, 0.25) is 15.1 Å². The lowest BCUT2D eigenvalue weighted by molar-refractivity contribution is -0.138. The Kier molecular flexibility index (Phi) is 5.36. The van der Waals surface area contributed by atoms with E-state index in [1.54, 1.807) is 18.2 Å². The van der Waals surface area contributed by atoms with Crippen LogP contribution in [0, 0.1) is 0 Å². The third kappa shape index (κ3) is 3.88. The number of hydrogen-bond donors (Lipinski definition) is 3. The number of anilines is 1. The van der Waals surface area contributed by atoms with E-state index >= 15 is 0 Å². The van der Waals surface area contributed by atoms with Crippen LogP contribution in [-0.2, 0) is 4.79 Å². The van der Waals surface area contributed by atoms with Gasteiger partial charge in [0.2, 0.25) is 0 Å². The van der Waals surface area contributed by atoms with Crippen molar-refractivity contribution in [2.24, 2.45) is 0 Å². The van der Waals surface area contributed by atoms with Gasteiger partial charge in [0.05, 0.1) is 21.3 Å². The molecule has 0 aromatic heterocycles. The molecule has 1 unspecified atom stereocenters. The smallest absolute Gasteiger partial charge is 0.337 e. The average molecular weight is 375 g/mol. The first-order valence-corrected chi connectivity index (χ1v) is 7.40. The van der Waals surface area contributed by atoms with Crippen LogP contribution in [0.3, 0.4) is 0 Å². The summed E-state index contributed by atoms with van der Waals surface area (Å²) in [6.07, 6.45) is 0. The summed E-state index contributed by atoms with van der Waals surface area (Å²) in [4.78, 5) is 22.9. The second-order valence-electron chi connectivity index (χ2n) is 4.55. The summed E-state index contributed by atoms with van der Waals surface area (Å²) in [6, 6.07) is 7.53. The van der Waals surface area contributed by atoms with Crippen molar-refractivity contribution in [3.05, 3.63) is 62.6 Å². The van der Waals surface area contributed by atoms with E-state index in [4.69, 9.17) is 34.8 Å². The molecule has 0 aliphatic heterocycles. The number of benzene rings is 2. The first-order chi connectivity index (χ1) is 10.8. The molecule has 0 saturated heterocycles.